The van der Waals surface area contributed by atoms with Crippen molar-refractivity contribution in [2.75, 3.05) is 0 Å². The highest BCUT2D eigenvalue weighted by molar-refractivity contribution is 6.31. The molecule has 1 aromatic carbocycles. The minimum absolute atomic E-state index is 0.834. The predicted octanol–water partition coefficient (Wildman–Crippen LogP) is 6.23. The van der Waals surface area contributed by atoms with Crippen molar-refractivity contribution in [2.24, 2.45) is 0 Å². The standard InChI is InChI=1S/C22H27ClN2/c1-3-7-19-20-15-18(23)11-12-22(20)25(21(19)8-4-2)14-6-10-17-9-5-13-24-16-17/h5,9,11-13,15-16H,3-4,6-8,10,14H2,1-2H3. The lowest BCUT2D eigenvalue weighted by Crippen LogP contribution is -2.06. The molecule has 0 bridgehead atoms. The monoisotopic (exact) mass is 354 g/mol. The molecule has 0 aliphatic carbocycles. The second-order valence-corrected chi connectivity index (χ2v) is 7.14. The number of pyridine rings is 1. The summed E-state index contributed by atoms with van der Waals surface area (Å²) in [4.78, 5) is 4.22. The van der Waals surface area contributed by atoms with Crippen LogP contribution in [0.1, 0.15) is 49.9 Å². The van der Waals surface area contributed by atoms with E-state index in [1.807, 2.05) is 24.5 Å². The van der Waals surface area contributed by atoms with Gasteiger partial charge in [-0.3, -0.25) is 4.98 Å². The Morgan fingerprint density at radius 1 is 1.04 bits per heavy atom. The molecule has 0 N–H and O–H groups in total. The molecule has 3 rings (SSSR count). The SMILES string of the molecule is CCCc1c(CCC)n(CCCc2cccnc2)c2ccc(Cl)cc12. The van der Waals surface area contributed by atoms with Crippen molar-refractivity contribution in [3.63, 3.8) is 0 Å². The predicted molar refractivity (Wildman–Crippen MR) is 107 cm³/mol. The minimum atomic E-state index is 0.834. The number of fused-ring (bicyclic) bond motifs is 1. The van der Waals surface area contributed by atoms with Crippen molar-refractivity contribution >= 4 is 22.5 Å². The van der Waals surface area contributed by atoms with Crippen LogP contribution >= 0.6 is 11.6 Å². The van der Waals surface area contributed by atoms with Crippen LogP contribution < -0.4 is 0 Å². The zero-order valence-electron chi connectivity index (χ0n) is 15.3. The largest absolute Gasteiger partial charge is 0.344 e. The summed E-state index contributed by atoms with van der Waals surface area (Å²) in [5, 5.41) is 2.18. The van der Waals surface area contributed by atoms with Gasteiger partial charge < -0.3 is 4.57 Å². The van der Waals surface area contributed by atoms with Crippen LogP contribution in [0.3, 0.4) is 0 Å². The van der Waals surface area contributed by atoms with E-state index < -0.39 is 0 Å². The maximum atomic E-state index is 6.30. The molecule has 0 atom stereocenters. The van der Waals surface area contributed by atoms with Gasteiger partial charge in [-0.1, -0.05) is 44.4 Å². The average Bonchev–Trinajstić information content (AvgIpc) is 2.90. The molecule has 0 saturated carbocycles. The van der Waals surface area contributed by atoms with E-state index in [4.69, 9.17) is 11.6 Å². The maximum Gasteiger partial charge on any atom is 0.0486 e. The Kier molecular flexibility index (Phi) is 6.14. The molecule has 132 valence electrons. The number of rotatable bonds is 8. The van der Waals surface area contributed by atoms with Gasteiger partial charge in [0.2, 0.25) is 0 Å². The Bertz CT molecular complexity index is 821. The minimum Gasteiger partial charge on any atom is -0.344 e. The van der Waals surface area contributed by atoms with Gasteiger partial charge in [0.1, 0.15) is 0 Å². The van der Waals surface area contributed by atoms with Crippen molar-refractivity contribution in [1.29, 1.82) is 0 Å². The van der Waals surface area contributed by atoms with Gasteiger partial charge in [0, 0.05) is 40.6 Å². The van der Waals surface area contributed by atoms with E-state index in [0.29, 0.717) is 0 Å². The van der Waals surface area contributed by atoms with Crippen LogP contribution in [-0.2, 0) is 25.8 Å². The molecule has 2 heterocycles. The van der Waals surface area contributed by atoms with Crippen LogP contribution in [-0.4, -0.2) is 9.55 Å². The number of hydrogen-bond acceptors (Lipinski definition) is 1. The molecule has 2 aromatic heterocycles. The molecule has 0 aliphatic rings. The van der Waals surface area contributed by atoms with Crippen LogP contribution in [0.15, 0.2) is 42.7 Å². The van der Waals surface area contributed by atoms with Gasteiger partial charge in [0.15, 0.2) is 0 Å². The Hall–Kier alpha value is -1.80. The first-order valence-corrected chi connectivity index (χ1v) is 9.80. The second kappa shape index (κ2) is 8.53. The topological polar surface area (TPSA) is 17.8 Å². The van der Waals surface area contributed by atoms with E-state index in [9.17, 15) is 0 Å². The molecule has 0 spiro atoms. The molecular formula is C22H27ClN2. The van der Waals surface area contributed by atoms with Crippen LogP contribution in [0.25, 0.3) is 10.9 Å². The van der Waals surface area contributed by atoms with Crippen molar-refractivity contribution in [2.45, 2.75) is 58.9 Å². The number of aromatic nitrogens is 2. The molecule has 0 radical (unpaired) electrons. The third-order valence-corrected chi connectivity index (χ3v) is 5.04. The lowest BCUT2D eigenvalue weighted by atomic mass is 10.0. The Balaban J connectivity index is 1.93. The lowest BCUT2D eigenvalue weighted by Gasteiger charge is -2.12. The zero-order chi connectivity index (χ0) is 17.6. The molecule has 3 heteroatoms. The van der Waals surface area contributed by atoms with Crippen LogP contribution in [0.2, 0.25) is 5.02 Å². The van der Waals surface area contributed by atoms with Crippen LogP contribution in [0.4, 0.5) is 0 Å². The van der Waals surface area contributed by atoms with Crippen molar-refractivity contribution < 1.29 is 0 Å². The summed E-state index contributed by atoms with van der Waals surface area (Å²) in [7, 11) is 0. The molecule has 25 heavy (non-hydrogen) atoms. The van der Waals surface area contributed by atoms with Gasteiger partial charge in [-0.25, -0.2) is 0 Å². The second-order valence-electron chi connectivity index (χ2n) is 6.70. The summed E-state index contributed by atoms with van der Waals surface area (Å²) >= 11 is 6.30. The summed E-state index contributed by atoms with van der Waals surface area (Å²) in [6.07, 6.45) is 10.6. The summed E-state index contributed by atoms with van der Waals surface area (Å²) in [6.45, 7) is 5.57. The highest BCUT2D eigenvalue weighted by atomic mass is 35.5. The van der Waals surface area contributed by atoms with Crippen LogP contribution in [0, 0.1) is 0 Å². The van der Waals surface area contributed by atoms with Gasteiger partial charge in [0.25, 0.3) is 0 Å². The first-order chi connectivity index (χ1) is 12.2. The Morgan fingerprint density at radius 2 is 1.88 bits per heavy atom. The van der Waals surface area contributed by atoms with Gasteiger partial charge in [-0.05, 0) is 61.1 Å². The van der Waals surface area contributed by atoms with E-state index >= 15 is 0 Å². The Labute approximate surface area is 155 Å². The van der Waals surface area contributed by atoms with E-state index in [2.05, 4.69) is 41.6 Å². The molecule has 0 unspecified atom stereocenters. The van der Waals surface area contributed by atoms with E-state index in [1.54, 1.807) is 0 Å². The molecular weight excluding hydrogens is 328 g/mol. The quantitative estimate of drug-likeness (QED) is 0.469. The van der Waals surface area contributed by atoms with E-state index in [0.717, 1.165) is 43.7 Å². The third-order valence-electron chi connectivity index (χ3n) is 4.81. The molecule has 2 nitrogen and oxygen atoms in total. The first kappa shape index (κ1) is 18.0. The summed E-state index contributed by atoms with van der Waals surface area (Å²) in [5.41, 5.74) is 5.66. The van der Waals surface area contributed by atoms with E-state index in [1.165, 1.54) is 34.1 Å². The summed E-state index contributed by atoms with van der Waals surface area (Å²) in [5.74, 6) is 0. The maximum absolute atomic E-state index is 6.30. The summed E-state index contributed by atoms with van der Waals surface area (Å²) < 4.78 is 2.54. The highest BCUT2D eigenvalue weighted by Crippen LogP contribution is 2.31. The molecule has 0 saturated heterocycles. The lowest BCUT2D eigenvalue weighted by molar-refractivity contribution is 0.625. The molecule has 0 amide bonds. The smallest absolute Gasteiger partial charge is 0.0486 e. The fourth-order valence-electron chi connectivity index (χ4n) is 3.74. The first-order valence-electron chi connectivity index (χ1n) is 9.43. The van der Waals surface area contributed by atoms with Crippen LogP contribution in [0.5, 0.6) is 0 Å². The Morgan fingerprint density at radius 3 is 2.60 bits per heavy atom. The number of benzene rings is 1. The van der Waals surface area contributed by atoms with E-state index in [-0.39, 0.29) is 0 Å². The van der Waals surface area contributed by atoms with Gasteiger partial charge in [-0.2, -0.15) is 0 Å². The highest BCUT2D eigenvalue weighted by Gasteiger charge is 2.16. The number of halogens is 1. The average molecular weight is 355 g/mol. The fourth-order valence-corrected chi connectivity index (χ4v) is 3.92. The molecule has 3 aromatic rings. The van der Waals surface area contributed by atoms with Crippen molar-refractivity contribution in [3.05, 3.63) is 64.6 Å². The number of nitrogens with zero attached hydrogens (tertiary/aromatic N) is 2. The number of hydrogen-bond donors (Lipinski definition) is 0. The third kappa shape index (κ3) is 4.07. The number of aryl methyl sites for hydroxylation is 3. The zero-order valence-corrected chi connectivity index (χ0v) is 16.0. The van der Waals surface area contributed by atoms with Gasteiger partial charge in [-0.15, -0.1) is 0 Å². The molecule has 0 aliphatic heterocycles. The fraction of sp³-hybridized carbons (Fsp3) is 0.409. The van der Waals surface area contributed by atoms with Gasteiger partial charge >= 0.3 is 0 Å². The summed E-state index contributed by atoms with van der Waals surface area (Å²) in [6, 6.07) is 10.5. The normalized spacial score (nSPS) is 11.3. The van der Waals surface area contributed by atoms with Crippen molar-refractivity contribution in [3.8, 4) is 0 Å². The molecule has 0 fully saturated rings. The van der Waals surface area contributed by atoms with Crippen molar-refractivity contribution in [1.82, 2.24) is 9.55 Å². The van der Waals surface area contributed by atoms with Gasteiger partial charge in [0.05, 0.1) is 0 Å².